The van der Waals surface area contributed by atoms with Crippen LogP contribution < -0.4 is 11.1 Å². The molecule has 4 heterocycles. The SMILES string of the molecule is CO/N=C(\C(=O)NC1C(=O)N2C(C(=O)O)=C([C@@H]3CC(C)=NO3)CSC12)c1csc(N)n1. The fourth-order valence-corrected chi connectivity index (χ4v) is 5.43. The molecule has 12 nitrogen and oxygen atoms in total. The highest BCUT2D eigenvalue weighted by molar-refractivity contribution is 8.00. The molecule has 0 saturated carbocycles. The molecule has 0 radical (unpaired) electrons. The number of aliphatic carboxylic acids is 1. The van der Waals surface area contributed by atoms with E-state index in [9.17, 15) is 19.5 Å². The van der Waals surface area contributed by atoms with Gasteiger partial charge in [0.15, 0.2) is 16.9 Å². The van der Waals surface area contributed by atoms with Gasteiger partial charge in [0.1, 0.15) is 29.9 Å². The molecular formula is C17H18N6O6S2. The molecule has 3 aliphatic heterocycles. The summed E-state index contributed by atoms with van der Waals surface area (Å²) in [7, 11) is 1.28. The van der Waals surface area contributed by atoms with Gasteiger partial charge in [-0.15, -0.1) is 23.1 Å². The third kappa shape index (κ3) is 3.72. The van der Waals surface area contributed by atoms with E-state index in [1.54, 1.807) is 12.3 Å². The molecule has 1 saturated heterocycles. The maximum Gasteiger partial charge on any atom is 0.352 e. The number of carbonyl (C=O) groups excluding carboxylic acids is 2. The number of amides is 2. The Hall–Kier alpha value is -3.13. The average Bonchev–Trinajstić information content (AvgIpc) is 3.36. The summed E-state index contributed by atoms with van der Waals surface area (Å²) in [5.74, 6) is -2.12. The number of anilines is 1. The summed E-state index contributed by atoms with van der Waals surface area (Å²) in [6, 6.07) is -0.922. The molecule has 0 aliphatic carbocycles. The molecule has 3 aliphatic rings. The predicted molar refractivity (Wildman–Crippen MR) is 112 cm³/mol. The number of oxime groups is 2. The second-order valence-electron chi connectivity index (χ2n) is 6.86. The van der Waals surface area contributed by atoms with Crippen LogP contribution in [0.25, 0.3) is 0 Å². The lowest BCUT2D eigenvalue weighted by atomic mass is 9.98. The third-order valence-electron chi connectivity index (χ3n) is 4.85. The fraction of sp³-hybridized carbons (Fsp3) is 0.412. The fourth-order valence-electron chi connectivity index (χ4n) is 3.47. The second-order valence-corrected chi connectivity index (χ2v) is 8.85. The smallest absolute Gasteiger partial charge is 0.352 e. The van der Waals surface area contributed by atoms with Crippen molar-refractivity contribution in [2.45, 2.75) is 30.9 Å². The van der Waals surface area contributed by atoms with E-state index >= 15 is 0 Å². The predicted octanol–water partition coefficient (Wildman–Crippen LogP) is -0.0208. The number of nitrogens with zero attached hydrogens (tertiary/aromatic N) is 4. The highest BCUT2D eigenvalue weighted by atomic mass is 32.2. The van der Waals surface area contributed by atoms with Gasteiger partial charge in [-0.2, -0.15) is 0 Å². The lowest BCUT2D eigenvalue weighted by Gasteiger charge is -2.49. The van der Waals surface area contributed by atoms with Gasteiger partial charge in [-0.25, -0.2) is 9.78 Å². The van der Waals surface area contributed by atoms with E-state index in [1.165, 1.54) is 23.8 Å². The summed E-state index contributed by atoms with van der Waals surface area (Å²) in [6.07, 6.45) is -0.0517. The largest absolute Gasteiger partial charge is 0.477 e. The maximum atomic E-state index is 12.8. The zero-order valence-corrected chi connectivity index (χ0v) is 18.0. The van der Waals surface area contributed by atoms with Gasteiger partial charge in [0, 0.05) is 23.1 Å². The van der Waals surface area contributed by atoms with Gasteiger partial charge in [-0.3, -0.25) is 14.5 Å². The van der Waals surface area contributed by atoms with Crippen molar-refractivity contribution in [3.63, 3.8) is 0 Å². The quantitative estimate of drug-likeness (QED) is 0.296. The molecule has 3 atom stereocenters. The van der Waals surface area contributed by atoms with E-state index in [0.29, 0.717) is 17.7 Å². The Morgan fingerprint density at radius 1 is 1.48 bits per heavy atom. The monoisotopic (exact) mass is 466 g/mol. The summed E-state index contributed by atoms with van der Waals surface area (Å²) in [4.78, 5) is 52.8. The zero-order valence-electron chi connectivity index (χ0n) is 16.4. The molecule has 4 rings (SSSR count). The third-order valence-corrected chi connectivity index (χ3v) is 6.83. The number of rotatable bonds is 6. The summed E-state index contributed by atoms with van der Waals surface area (Å²) >= 11 is 2.47. The van der Waals surface area contributed by atoms with Gasteiger partial charge in [-0.05, 0) is 6.92 Å². The standard InChI is InChI=1S/C17H18N6O6S2/c1-6-3-9(29-21-6)7-4-30-15-11(14(25)23(15)12(7)16(26)27)20-13(24)10(22-28-2)8-5-31-17(18)19-8/h5,9,11,15H,3-4H2,1-2H3,(H2,18,19)(H,20,24)(H,26,27)/b22-10-/t9-,11?,15?/m0/s1. The number of aromatic nitrogens is 1. The number of nitrogen functional groups attached to an aromatic ring is 1. The van der Waals surface area contributed by atoms with Crippen molar-refractivity contribution < 1.29 is 29.2 Å². The number of hydrogen-bond donors (Lipinski definition) is 3. The normalized spacial score (nSPS) is 25.4. The summed E-state index contributed by atoms with van der Waals surface area (Å²) in [5.41, 5.74) is 6.82. The molecule has 164 valence electrons. The molecule has 2 unspecified atom stereocenters. The molecule has 4 N–H and O–H groups in total. The summed E-state index contributed by atoms with van der Waals surface area (Å²) in [5, 5.41) is 21.1. The summed E-state index contributed by atoms with van der Waals surface area (Å²) in [6.45, 7) is 1.79. The van der Waals surface area contributed by atoms with Crippen molar-refractivity contribution in [3.05, 3.63) is 22.3 Å². The highest BCUT2D eigenvalue weighted by Gasteiger charge is 2.55. The number of carboxylic acids is 1. The van der Waals surface area contributed by atoms with E-state index in [4.69, 9.17) is 15.4 Å². The van der Waals surface area contributed by atoms with Crippen LogP contribution in [0, 0.1) is 0 Å². The van der Waals surface area contributed by atoms with Crippen molar-refractivity contribution in [3.8, 4) is 0 Å². The zero-order chi connectivity index (χ0) is 22.3. The van der Waals surface area contributed by atoms with Crippen LogP contribution in [0.2, 0.25) is 0 Å². The minimum absolute atomic E-state index is 0.118. The highest BCUT2D eigenvalue weighted by Crippen LogP contribution is 2.42. The molecule has 1 aromatic rings. The van der Waals surface area contributed by atoms with Crippen LogP contribution in [0.4, 0.5) is 5.13 Å². The number of thiazole rings is 1. The molecule has 0 aromatic carbocycles. The van der Waals surface area contributed by atoms with E-state index in [0.717, 1.165) is 17.0 Å². The molecule has 0 spiro atoms. The van der Waals surface area contributed by atoms with E-state index in [-0.39, 0.29) is 22.2 Å². The maximum absolute atomic E-state index is 12.8. The van der Waals surface area contributed by atoms with Crippen LogP contribution in [-0.4, -0.2) is 74.6 Å². The number of β-lactam (4-membered cyclic amide) rings is 1. The Balaban J connectivity index is 1.53. The number of nitrogens with two attached hydrogens (primary N) is 1. The first kappa shape index (κ1) is 21.1. The number of nitrogens with one attached hydrogen (secondary N) is 1. The average molecular weight is 467 g/mol. The second kappa shape index (κ2) is 8.19. The van der Waals surface area contributed by atoms with Crippen molar-refractivity contribution >= 4 is 57.4 Å². The van der Waals surface area contributed by atoms with E-state index < -0.39 is 35.3 Å². The van der Waals surface area contributed by atoms with Crippen LogP contribution in [0.15, 0.2) is 27.0 Å². The number of hydrogen-bond acceptors (Lipinski definition) is 11. The van der Waals surface area contributed by atoms with Gasteiger partial charge in [0.2, 0.25) is 0 Å². The number of carboxylic acid groups (broad SMARTS) is 1. The van der Waals surface area contributed by atoms with Gasteiger partial charge >= 0.3 is 5.97 Å². The van der Waals surface area contributed by atoms with Crippen LogP contribution in [0.5, 0.6) is 0 Å². The molecular weight excluding hydrogens is 448 g/mol. The molecule has 1 fully saturated rings. The van der Waals surface area contributed by atoms with Gasteiger partial charge in [0.25, 0.3) is 11.8 Å². The molecule has 1 aromatic heterocycles. The van der Waals surface area contributed by atoms with Crippen LogP contribution >= 0.6 is 23.1 Å². The Kier molecular flexibility index (Phi) is 5.58. The van der Waals surface area contributed by atoms with E-state index in [1.807, 2.05) is 0 Å². The minimum atomic E-state index is -1.23. The molecule has 2 amide bonds. The first-order chi connectivity index (χ1) is 14.8. The van der Waals surface area contributed by atoms with E-state index in [2.05, 4.69) is 20.6 Å². The van der Waals surface area contributed by atoms with Gasteiger partial charge in [-0.1, -0.05) is 10.3 Å². The van der Waals surface area contributed by atoms with Crippen LogP contribution in [0.1, 0.15) is 19.0 Å². The lowest BCUT2D eigenvalue weighted by molar-refractivity contribution is -0.150. The number of fused-ring (bicyclic) bond motifs is 1. The van der Waals surface area contributed by atoms with Crippen LogP contribution in [-0.2, 0) is 24.1 Å². The molecule has 31 heavy (non-hydrogen) atoms. The first-order valence-electron chi connectivity index (χ1n) is 9.05. The van der Waals surface area contributed by atoms with Gasteiger partial charge < -0.3 is 25.8 Å². The van der Waals surface area contributed by atoms with Crippen LogP contribution in [0.3, 0.4) is 0 Å². The van der Waals surface area contributed by atoms with Crippen molar-refractivity contribution in [2.75, 3.05) is 18.6 Å². The Morgan fingerprint density at radius 3 is 2.84 bits per heavy atom. The van der Waals surface area contributed by atoms with Crippen molar-refractivity contribution in [2.24, 2.45) is 10.3 Å². The number of carbonyl (C=O) groups is 3. The lowest BCUT2D eigenvalue weighted by Crippen LogP contribution is -2.71. The number of thioether (sulfide) groups is 1. The minimum Gasteiger partial charge on any atom is -0.477 e. The first-order valence-corrected chi connectivity index (χ1v) is 11.0. The summed E-state index contributed by atoms with van der Waals surface area (Å²) < 4.78 is 0. The van der Waals surface area contributed by atoms with Gasteiger partial charge in [0.05, 0.1) is 5.71 Å². The molecule has 14 heteroatoms. The van der Waals surface area contributed by atoms with Crippen molar-refractivity contribution in [1.29, 1.82) is 0 Å². The Labute approximate surface area is 184 Å². The Morgan fingerprint density at radius 2 is 2.26 bits per heavy atom. The van der Waals surface area contributed by atoms with Crippen molar-refractivity contribution in [1.82, 2.24) is 15.2 Å². The molecule has 0 bridgehead atoms. The Bertz CT molecular complexity index is 1050. The topological polar surface area (TPSA) is 169 Å².